The topological polar surface area (TPSA) is 59.8 Å². The first kappa shape index (κ1) is 13.3. The number of hydrogen-bond donors (Lipinski definition) is 1. The highest BCUT2D eigenvalue weighted by Crippen LogP contribution is 2.13. The van der Waals surface area contributed by atoms with Crippen LogP contribution in [0.1, 0.15) is 26.5 Å². The minimum atomic E-state index is -0.398. The standard InChI is InChI=1S/C14H18N4O/c1-14(2,3)13(19)15-9-12-10-16-17-18(12)11-7-5-4-6-8-11/h4-8,10H,9H2,1-3H3,(H,15,19). The molecule has 2 aromatic rings. The van der Waals surface area contributed by atoms with Gasteiger partial charge in [-0.15, -0.1) is 5.10 Å². The predicted octanol–water partition coefficient (Wildman–Crippen LogP) is 1.93. The summed E-state index contributed by atoms with van der Waals surface area (Å²) < 4.78 is 1.73. The molecule has 0 bridgehead atoms. The van der Waals surface area contributed by atoms with Gasteiger partial charge in [-0.2, -0.15) is 0 Å². The normalized spacial score (nSPS) is 11.3. The SMILES string of the molecule is CC(C)(C)C(=O)NCc1cnnn1-c1ccccc1. The van der Waals surface area contributed by atoms with Gasteiger partial charge in [0.1, 0.15) is 0 Å². The van der Waals surface area contributed by atoms with Crippen LogP contribution >= 0.6 is 0 Å². The average molecular weight is 258 g/mol. The van der Waals surface area contributed by atoms with Crippen LogP contribution in [0.25, 0.3) is 5.69 Å². The Morgan fingerprint density at radius 3 is 2.58 bits per heavy atom. The van der Waals surface area contributed by atoms with Crippen molar-refractivity contribution in [1.29, 1.82) is 0 Å². The predicted molar refractivity (Wildman–Crippen MR) is 72.7 cm³/mol. The summed E-state index contributed by atoms with van der Waals surface area (Å²) in [4.78, 5) is 11.8. The molecular weight excluding hydrogens is 240 g/mol. The molecule has 1 heterocycles. The van der Waals surface area contributed by atoms with E-state index < -0.39 is 5.41 Å². The van der Waals surface area contributed by atoms with Gasteiger partial charge >= 0.3 is 0 Å². The van der Waals surface area contributed by atoms with Crippen LogP contribution in [0.4, 0.5) is 0 Å². The summed E-state index contributed by atoms with van der Waals surface area (Å²) in [5.74, 6) is 0.00770. The number of benzene rings is 1. The molecule has 1 aromatic carbocycles. The zero-order chi connectivity index (χ0) is 13.9. The molecule has 5 heteroatoms. The van der Waals surface area contributed by atoms with Crippen molar-refractivity contribution in [2.75, 3.05) is 0 Å². The smallest absolute Gasteiger partial charge is 0.225 e. The first-order valence-electron chi connectivity index (χ1n) is 6.22. The molecule has 5 nitrogen and oxygen atoms in total. The van der Waals surface area contributed by atoms with Gasteiger partial charge in [-0.3, -0.25) is 4.79 Å². The molecule has 1 N–H and O–H groups in total. The van der Waals surface area contributed by atoms with Gasteiger partial charge in [0.15, 0.2) is 0 Å². The number of para-hydroxylation sites is 1. The number of rotatable bonds is 3. The third kappa shape index (κ3) is 3.19. The number of nitrogens with zero attached hydrogens (tertiary/aromatic N) is 3. The average Bonchev–Trinajstić information content (AvgIpc) is 2.84. The minimum absolute atomic E-state index is 0.00770. The van der Waals surface area contributed by atoms with Crippen LogP contribution in [0.5, 0.6) is 0 Å². The molecule has 1 amide bonds. The minimum Gasteiger partial charge on any atom is -0.350 e. The third-order valence-corrected chi connectivity index (χ3v) is 2.73. The Hall–Kier alpha value is -2.17. The fourth-order valence-electron chi connectivity index (χ4n) is 1.60. The Labute approximate surface area is 112 Å². The summed E-state index contributed by atoms with van der Waals surface area (Å²) in [6.07, 6.45) is 1.66. The van der Waals surface area contributed by atoms with E-state index in [0.717, 1.165) is 11.4 Å². The first-order valence-corrected chi connectivity index (χ1v) is 6.22. The Morgan fingerprint density at radius 1 is 1.26 bits per heavy atom. The van der Waals surface area contributed by atoms with Gasteiger partial charge in [-0.05, 0) is 12.1 Å². The largest absolute Gasteiger partial charge is 0.350 e. The Balaban J connectivity index is 2.11. The second-order valence-electron chi connectivity index (χ2n) is 5.41. The first-order chi connectivity index (χ1) is 8.98. The number of hydrogen-bond acceptors (Lipinski definition) is 3. The molecule has 100 valence electrons. The molecule has 2 rings (SSSR count). The van der Waals surface area contributed by atoms with Crippen molar-refractivity contribution in [2.24, 2.45) is 5.41 Å². The van der Waals surface area contributed by atoms with Crippen LogP contribution in [0.3, 0.4) is 0 Å². The molecule has 0 unspecified atom stereocenters. The molecular formula is C14H18N4O. The molecule has 0 fully saturated rings. The third-order valence-electron chi connectivity index (χ3n) is 2.73. The van der Waals surface area contributed by atoms with Crippen LogP contribution < -0.4 is 5.32 Å². The van der Waals surface area contributed by atoms with E-state index in [1.807, 2.05) is 51.1 Å². The van der Waals surface area contributed by atoms with Gasteiger partial charge in [-0.25, -0.2) is 4.68 Å². The van der Waals surface area contributed by atoms with Crippen molar-refractivity contribution < 1.29 is 4.79 Å². The fraction of sp³-hybridized carbons (Fsp3) is 0.357. The van der Waals surface area contributed by atoms with E-state index in [0.29, 0.717) is 6.54 Å². The summed E-state index contributed by atoms with van der Waals surface area (Å²) in [5, 5.41) is 10.8. The van der Waals surface area contributed by atoms with E-state index in [9.17, 15) is 4.79 Å². The van der Waals surface area contributed by atoms with Crippen molar-refractivity contribution >= 4 is 5.91 Å². The van der Waals surface area contributed by atoms with Gasteiger partial charge < -0.3 is 5.32 Å². The molecule has 1 aromatic heterocycles. The highest BCUT2D eigenvalue weighted by Gasteiger charge is 2.21. The maximum Gasteiger partial charge on any atom is 0.225 e. The molecule has 19 heavy (non-hydrogen) atoms. The number of carbonyl (C=O) groups is 1. The molecule has 0 atom stereocenters. The van der Waals surface area contributed by atoms with Gasteiger partial charge in [-0.1, -0.05) is 44.2 Å². The van der Waals surface area contributed by atoms with Crippen molar-refractivity contribution in [3.63, 3.8) is 0 Å². The Kier molecular flexibility index (Phi) is 3.64. The Morgan fingerprint density at radius 2 is 1.95 bits per heavy atom. The van der Waals surface area contributed by atoms with Crippen LogP contribution in [0, 0.1) is 5.41 Å². The Bertz CT molecular complexity index is 554. The van der Waals surface area contributed by atoms with Crippen molar-refractivity contribution in [3.05, 3.63) is 42.2 Å². The van der Waals surface area contributed by atoms with Crippen LogP contribution in [-0.4, -0.2) is 20.9 Å². The van der Waals surface area contributed by atoms with E-state index in [4.69, 9.17) is 0 Å². The lowest BCUT2D eigenvalue weighted by atomic mass is 9.96. The van der Waals surface area contributed by atoms with Gasteiger partial charge in [0, 0.05) is 5.41 Å². The van der Waals surface area contributed by atoms with E-state index in [1.165, 1.54) is 0 Å². The molecule has 0 aliphatic rings. The second kappa shape index (κ2) is 5.22. The van der Waals surface area contributed by atoms with Crippen molar-refractivity contribution in [3.8, 4) is 5.69 Å². The second-order valence-corrected chi connectivity index (χ2v) is 5.41. The van der Waals surface area contributed by atoms with Crippen molar-refractivity contribution in [2.45, 2.75) is 27.3 Å². The molecule has 0 radical (unpaired) electrons. The quantitative estimate of drug-likeness (QED) is 0.915. The van der Waals surface area contributed by atoms with Gasteiger partial charge in [0.05, 0.1) is 24.1 Å². The summed E-state index contributed by atoms with van der Waals surface area (Å²) in [6, 6.07) is 9.72. The van der Waals surface area contributed by atoms with Crippen LogP contribution in [0.15, 0.2) is 36.5 Å². The van der Waals surface area contributed by atoms with E-state index in [2.05, 4.69) is 15.6 Å². The van der Waals surface area contributed by atoms with Gasteiger partial charge in [0.2, 0.25) is 5.91 Å². The molecule has 0 saturated carbocycles. The fourth-order valence-corrected chi connectivity index (χ4v) is 1.60. The lowest BCUT2D eigenvalue weighted by Crippen LogP contribution is -2.34. The lowest BCUT2D eigenvalue weighted by Gasteiger charge is -2.17. The number of carbonyl (C=O) groups excluding carboxylic acids is 1. The van der Waals surface area contributed by atoms with Crippen molar-refractivity contribution in [1.82, 2.24) is 20.3 Å². The molecule has 0 aliphatic heterocycles. The maximum absolute atomic E-state index is 11.8. The van der Waals surface area contributed by atoms with E-state index >= 15 is 0 Å². The highest BCUT2D eigenvalue weighted by molar-refractivity contribution is 5.81. The van der Waals surface area contributed by atoms with E-state index in [1.54, 1.807) is 10.9 Å². The maximum atomic E-state index is 11.8. The number of aromatic nitrogens is 3. The number of nitrogens with one attached hydrogen (secondary N) is 1. The van der Waals surface area contributed by atoms with Crippen LogP contribution in [0.2, 0.25) is 0 Å². The summed E-state index contributed by atoms with van der Waals surface area (Å²) in [7, 11) is 0. The monoisotopic (exact) mass is 258 g/mol. The lowest BCUT2D eigenvalue weighted by molar-refractivity contribution is -0.128. The van der Waals surface area contributed by atoms with Gasteiger partial charge in [0.25, 0.3) is 0 Å². The summed E-state index contributed by atoms with van der Waals surface area (Å²) in [5.41, 5.74) is 1.38. The van der Waals surface area contributed by atoms with E-state index in [-0.39, 0.29) is 5.91 Å². The zero-order valence-corrected chi connectivity index (χ0v) is 11.4. The zero-order valence-electron chi connectivity index (χ0n) is 11.4. The summed E-state index contributed by atoms with van der Waals surface area (Å²) >= 11 is 0. The number of amides is 1. The molecule has 0 aliphatic carbocycles. The molecule has 0 saturated heterocycles. The molecule has 0 spiro atoms. The highest BCUT2D eigenvalue weighted by atomic mass is 16.2. The summed E-state index contributed by atoms with van der Waals surface area (Å²) in [6.45, 7) is 6.07. The van der Waals surface area contributed by atoms with Crippen LogP contribution in [-0.2, 0) is 11.3 Å².